The van der Waals surface area contributed by atoms with E-state index in [0.29, 0.717) is 0 Å². The van der Waals surface area contributed by atoms with Crippen LogP contribution in [0.15, 0.2) is 13.4 Å². The maximum absolute atomic E-state index is 6.49. The first kappa shape index (κ1) is 18.3. The van der Waals surface area contributed by atoms with E-state index in [4.69, 9.17) is 7.85 Å². The highest BCUT2D eigenvalue weighted by atomic mass is 79.9. The molecule has 0 nitrogen and oxygen atoms in total. The van der Waals surface area contributed by atoms with Crippen LogP contribution >= 0.6 is 47.8 Å². The van der Waals surface area contributed by atoms with Crippen molar-refractivity contribution in [2.24, 2.45) is 0 Å². The molecule has 4 heteroatoms. The van der Waals surface area contributed by atoms with Gasteiger partial charge in [0.25, 0.3) is 0 Å². The maximum atomic E-state index is 6.49. The molecule has 114 valence electrons. The highest BCUT2D eigenvalue weighted by Gasteiger charge is 2.22. The number of hydrogen-bond acceptors (Lipinski definition) is 0. The van der Waals surface area contributed by atoms with E-state index in [1.807, 2.05) is 0 Å². The van der Waals surface area contributed by atoms with E-state index < -0.39 is 0 Å². The fourth-order valence-corrected chi connectivity index (χ4v) is 5.05. The molecule has 0 saturated heterocycles. The van der Waals surface area contributed by atoms with Crippen molar-refractivity contribution in [1.82, 2.24) is 0 Å². The van der Waals surface area contributed by atoms with Crippen LogP contribution in [0.1, 0.15) is 33.4 Å². The SMILES string of the molecule is [B]c1c(C)c(C)c(C)c(Br)c1-c1c(Br)c(C)c(C)c(C)c1Br. The zero-order chi connectivity index (χ0) is 16.9. The first-order valence-corrected chi connectivity index (χ1v) is 9.48. The lowest BCUT2D eigenvalue weighted by molar-refractivity contribution is 1.22. The highest BCUT2D eigenvalue weighted by Crippen LogP contribution is 2.44. The van der Waals surface area contributed by atoms with Gasteiger partial charge in [-0.05, 0) is 123 Å². The van der Waals surface area contributed by atoms with Gasteiger partial charge in [0.2, 0.25) is 0 Å². The van der Waals surface area contributed by atoms with Gasteiger partial charge < -0.3 is 0 Å². The van der Waals surface area contributed by atoms with Crippen LogP contribution in [0.5, 0.6) is 0 Å². The van der Waals surface area contributed by atoms with Gasteiger partial charge in [-0.15, -0.1) is 0 Å². The number of benzene rings is 2. The summed E-state index contributed by atoms with van der Waals surface area (Å²) >= 11 is 11.3. The van der Waals surface area contributed by atoms with Gasteiger partial charge in [0.05, 0.1) is 0 Å². The lowest BCUT2D eigenvalue weighted by Crippen LogP contribution is -2.16. The molecule has 0 saturated carbocycles. The molecule has 0 amide bonds. The third-order valence-corrected chi connectivity index (χ3v) is 7.79. The smallest absolute Gasteiger partial charge is 0.0846 e. The number of hydrogen-bond donors (Lipinski definition) is 0. The van der Waals surface area contributed by atoms with E-state index in [-0.39, 0.29) is 0 Å². The third-order valence-electron chi connectivity index (χ3n) is 4.82. The molecule has 0 aliphatic carbocycles. The molecule has 0 unspecified atom stereocenters. The Kier molecular flexibility index (Phi) is 5.36. The van der Waals surface area contributed by atoms with Crippen molar-refractivity contribution in [1.29, 1.82) is 0 Å². The zero-order valence-electron chi connectivity index (χ0n) is 13.7. The summed E-state index contributed by atoms with van der Waals surface area (Å²) in [6, 6.07) is 0. The Labute approximate surface area is 159 Å². The lowest BCUT2D eigenvalue weighted by Gasteiger charge is -2.23. The Balaban J connectivity index is 3.03. The number of halogens is 3. The summed E-state index contributed by atoms with van der Waals surface area (Å²) in [5, 5.41) is 0. The molecule has 0 heterocycles. The van der Waals surface area contributed by atoms with E-state index in [2.05, 4.69) is 89.3 Å². The molecule has 2 radical (unpaired) electrons. The van der Waals surface area contributed by atoms with E-state index in [0.717, 1.165) is 35.6 Å². The van der Waals surface area contributed by atoms with Crippen LogP contribution in [0.2, 0.25) is 0 Å². The van der Waals surface area contributed by atoms with Gasteiger partial charge in [0.1, 0.15) is 7.85 Å². The molecule has 22 heavy (non-hydrogen) atoms. The Morgan fingerprint density at radius 3 is 1.23 bits per heavy atom. The quantitative estimate of drug-likeness (QED) is 0.418. The Hall–Kier alpha value is -0.0551. The predicted octanol–water partition coefficient (Wildman–Crippen LogP) is 6.29. The van der Waals surface area contributed by atoms with Crippen LogP contribution in [0.4, 0.5) is 0 Å². The van der Waals surface area contributed by atoms with Crippen molar-refractivity contribution in [3.8, 4) is 11.1 Å². The van der Waals surface area contributed by atoms with Crippen molar-refractivity contribution < 1.29 is 0 Å². The second-order valence-electron chi connectivity index (χ2n) is 5.86. The molecule has 0 fully saturated rings. The van der Waals surface area contributed by atoms with Gasteiger partial charge in [0.15, 0.2) is 0 Å². The molecule has 2 aromatic carbocycles. The van der Waals surface area contributed by atoms with Gasteiger partial charge in [-0.2, -0.15) is 0 Å². The van der Waals surface area contributed by atoms with Crippen LogP contribution in [0.25, 0.3) is 11.1 Å². The molecule has 0 aliphatic heterocycles. The van der Waals surface area contributed by atoms with Crippen LogP contribution < -0.4 is 5.46 Å². The van der Waals surface area contributed by atoms with Gasteiger partial charge in [-0.25, -0.2) is 0 Å². The van der Waals surface area contributed by atoms with Crippen molar-refractivity contribution in [3.05, 3.63) is 46.8 Å². The Morgan fingerprint density at radius 1 is 0.500 bits per heavy atom. The average Bonchev–Trinajstić information content (AvgIpc) is 2.50. The van der Waals surface area contributed by atoms with Crippen molar-refractivity contribution in [2.75, 3.05) is 0 Å². The second-order valence-corrected chi connectivity index (χ2v) is 8.23. The average molecular weight is 485 g/mol. The molecule has 0 atom stereocenters. The van der Waals surface area contributed by atoms with E-state index in [9.17, 15) is 0 Å². The highest BCUT2D eigenvalue weighted by molar-refractivity contribution is 9.11. The molecule has 0 N–H and O–H groups in total. The Bertz CT molecular complexity index is 666. The van der Waals surface area contributed by atoms with Crippen LogP contribution in [0, 0.1) is 41.5 Å². The zero-order valence-corrected chi connectivity index (χ0v) is 18.5. The first-order valence-electron chi connectivity index (χ1n) is 7.11. The van der Waals surface area contributed by atoms with Crippen molar-refractivity contribution in [3.63, 3.8) is 0 Å². The minimum atomic E-state index is 0.832. The van der Waals surface area contributed by atoms with Crippen molar-refractivity contribution >= 4 is 61.1 Å². The van der Waals surface area contributed by atoms with E-state index >= 15 is 0 Å². The molecular formula is C18H18BBr3. The van der Waals surface area contributed by atoms with E-state index in [1.165, 1.54) is 27.8 Å². The van der Waals surface area contributed by atoms with Gasteiger partial charge >= 0.3 is 0 Å². The van der Waals surface area contributed by atoms with Crippen LogP contribution in [-0.2, 0) is 0 Å². The number of rotatable bonds is 1. The molecule has 0 spiro atoms. The van der Waals surface area contributed by atoms with Crippen LogP contribution in [0.3, 0.4) is 0 Å². The standard InChI is InChI=1S/C18H18BBr3/c1-7-9(3)15(19)13(16(20)10(7)4)14-17(21)11(5)8(2)12(6)18(14)22/h1-6H3. The minimum absolute atomic E-state index is 0.832. The Morgan fingerprint density at radius 2 is 0.818 bits per heavy atom. The molecular weight excluding hydrogens is 467 g/mol. The lowest BCUT2D eigenvalue weighted by atomic mass is 9.79. The van der Waals surface area contributed by atoms with Crippen LogP contribution in [-0.4, -0.2) is 7.85 Å². The summed E-state index contributed by atoms with van der Waals surface area (Å²) in [7, 11) is 6.49. The van der Waals surface area contributed by atoms with Gasteiger partial charge in [-0.3, -0.25) is 0 Å². The normalized spacial score (nSPS) is 11.1. The monoisotopic (exact) mass is 482 g/mol. The largest absolute Gasteiger partial charge is 0.115 e. The molecule has 0 aromatic heterocycles. The first-order chi connectivity index (χ1) is 10.1. The molecule has 2 rings (SSSR count). The van der Waals surface area contributed by atoms with Gasteiger partial charge in [0, 0.05) is 19.0 Å². The topological polar surface area (TPSA) is 0 Å². The summed E-state index contributed by atoms with van der Waals surface area (Å²) in [5.74, 6) is 0. The van der Waals surface area contributed by atoms with E-state index in [1.54, 1.807) is 0 Å². The predicted molar refractivity (Wildman–Crippen MR) is 109 cm³/mol. The second kappa shape index (κ2) is 6.45. The van der Waals surface area contributed by atoms with Gasteiger partial charge in [-0.1, -0.05) is 11.0 Å². The summed E-state index contributed by atoms with van der Waals surface area (Å²) in [6.07, 6.45) is 0. The minimum Gasteiger partial charge on any atom is -0.0846 e. The molecule has 0 aliphatic rings. The summed E-state index contributed by atoms with van der Waals surface area (Å²) in [5.41, 5.74) is 10.4. The summed E-state index contributed by atoms with van der Waals surface area (Å²) < 4.78 is 3.26. The molecule has 2 aromatic rings. The van der Waals surface area contributed by atoms with Crippen molar-refractivity contribution in [2.45, 2.75) is 41.5 Å². The summed E-state index contributed by atoms with van der Waals surface area (Å²) in [4.78, 5) is 0. The third kappa shape index (κ3) is 2.65. The fourth-order valence-electron chi connectivity index (χ4n) is 2.69. The molecule has 0 bridgehead atoms. The summed E-state index contributed by atoms with van der Waals surface area (Å²) in [6.45, 7) is 12.8. The fraction of sp³-hybridized carbons (Fsp3) is 0.333. The maximum Gasteiger partial charge on any atom is 0.115 e.